The molecule has 7 heteroatoms. The van der Waals surface area contributed by atoms with Gasteiger partial charge in [-0.1, -0.05) is 26.7 Å². The maximum absolute atomic E-state index is 11.6. The molecule has 0 radical (unpaired) electrons. The molecule has 0 aromatic heterocycles. The highest BCUT2D eigenvalue weighted by molar-refractivity contribution is 7.53. The fourth-order valence-electron chi connectivity index (χ4n) is 1.97. The quantitative estimate of drug-likeness (QED) is 0.328. The Hall–Kier alpha value is 0.0300. The number of hydrogen-bond acceptors (Lipinski definition) is 5. The van der Waals surface area contributed by atoms with E-state index < -0.39 is 25.5 Å². The third kappa shape index (κ3) is 12.1. The Morgan fingerprint density at radius 1 is 0.870 bits per heavy atom. The molecule has 3 N–H and O–H groups in total. The van der Waals surface area contributed by atoms with E-state index in [0.717, 1.165) is 25.9 Å². The van der Waals surface area contributed by atoms with Crippen LogP contribution < -0.4 is 0 Å². The zero-order valence-corrected chi connectivity index (χ0v) is 15.9. The molecule has 3 unspecified atom stereocenters. The van der Waals surface area contributed by atoms with Crippen molar-refractivity contribution in [2.45, 2.75) is 90.2 Å². The number of aliphatic hydroxyl groups excluding tert-OH is 2. The average Bonchev–Trinajstić information content (AvgIpc) is 2.46. The summed E-state index contributed by atoms with van der Waals surface area (Å²) in [5.41, 5.74) is -0.433. The van der Waals surface area contributed by atoms with Gasteiger partial charge in [0.25, 0.3) is 0 Å². The van der Waals surface area contributed by atoms with Gasteiger partial charge in [-0.2, -0.15) is 0 Å². The molecule has 0 heterocycles. The van der Waals surface area contributed by atoms with Gasteiger partial charge in [0.15, 0.2) is 0 Å². The van der Waals surface area contributed by atoms with Crippen LogP contribution in [0.3, 0.4) is 0 Å². The summed E-state index contributed by atoms with van der Waals surface area (Å²) >= 11 is 0. The first-order chi connectivity index (χ1) is 10.7. The number of unbranched alkanes of at least 4 members (excludes halogenated alkanes) is 2. The van der Waals surface area contributed by atoms with Crippen molar-refractivity contribution in [1.82, 2.24) is 0 Å². The molecule has 0 bridgehead atoms. The van der Waals surface area contributed by atoms with Crippen LogP contribution in [0.1, 0.15) is 66.2 Å². The summed E-state index contributed by atoms with van der Waals surface area (Å²) in [6.07, 6.45) is 2.78. The number of hydrogen-bond donors (Lipinski definition) is 3. The van der Waals surface area contributed by atoms with E-state index >= 15 is 0 Å². The van der Waals surface area contributed by atoms with E-state index in [4.69, 9.17) is 9.26 Å². The van der Waals surface area contributed by atoms with Crippen LogP contribution in [0, 0.1) is 0 Å². The lowest BCUT2D eigenvalue weighted by molar-refractivity contribution is 0.00495. The highest BCUT2D eigenvalue weighted by Gasteiger charge is 2.24. The molecular weight excluding hydrogens is 319 g/mol. The zero-order chi connectivity index (χ0) is 17.9. The van der Waals surface area contributed by atoms with Crippen LogP contribution >= 0.6 is 7.60 Å². The van der Waals surface area contributed by atoms with Crippen LogP contribution in [0.15, 0.2) is 0 Å². The van der Waals surface area contributed by atoms with Crippen LogP contribution in [-0.4, -0.2) is 52.3 Å². The van der Waals surface area contributed by atoms with E-state index in [2.05, 4.69) is 0 Å². The van der Waals surface area contributed by atoms with E-state index in [9.17, 15) is 19.7 Å². The summed E-state index contributed by atoms with van der Waals surface area (Å²) in [7, 11) is -3.54. The summed E-state index contributed by atoms with van der Waals surface area (Å²) in [6, 6.07) is 0. The molecule has 3 atom stereocenters. The molecule has 140 valence electrons. The van der Waals surface area contributed by atoms with Crippen LogP contribution in [0.25, 0.3) is 0 Å². The van der Waals surface area contributed by atoms with Crippen molar-refractivity contribution in [3.63, 3.8) is 0 Å². The molecule has 0 aliphatic heterocycles. The molecule has 23 heavy (non-hydrogen) atoms. The van der Waals surface area contributed by atoms with Crippen LogP contribution in [-0.2, 0) is 13.8 Å². The van der Waals surface area contributed by atoms with Gasteiger partial charge in [-0.25, -0.2) is 0 Å². The lowest BCUT2D eigenvalue weighted by Gasteiger charge is -2.19. The Bertz CT molecular complexity index is 335. The van der Waals surface area contributed by atoms with Gasteiger partial charge in [-0.05, 0) is 39.5 Å². The van der Waals surface area contributed by atoms with E-state index in [-0.39, 0.29) is 12.7 Å². The molecule has 0 fully saturated rings. The summed E-state index contributed by atoms with van der Waals surface area (Å²) < 4.78 is 22.0. The van der Waals surface area contributed by atoms with Gasteiger partial charge in [0, 0.05) is 6.61 Å². The predicted molar refractivity (Wildman–Crippen MR) is 91.7 cm³/mol. The number of ether oxygens (including phenoxy) is 1. The molecule has 0 spiro atoms. The highest BCUT2D eigenvalue weighted by Crippen LogP contribution is 2.47. The molecular formula is C16H35O6P. The van der Waals surface area contributed by atoms with Gasteiger partial charge in [-0.15, -0.1) is 0 Å². The average molecular weight is 354 g/mol. The molecule has 0 rings (SSSR count). The van der Waals surface area contributed by atoms with Crippen molar-refractivity contribution in [2.75, 3.05) is 13.2 Å². The largest absolute Gasteiger partial charge is 0.390 e. The predicted octanol–water partition coefficient (Wildman–Crippen LogP) is 3.08. The molecule has 0 aromatic rings. The standard InChI is InChI=1S/C16H35O6P/c1-13(2)21-11-7-5-6-9-15(17)16(18)10-8-12-22-23(19,20)14(3)4/h13-18H,5-12H2,1-4H3,(H,19,20). The Labute approximate surface area is 140 Å². The Morgan fingerprint density at radius 2 is 1.43 bits per heavy atom. The molecule has 0 saturated carbocycles. The third-order valence-electron chi connectivity index (χ3n) is 3.61. The SMILES string of the molecule is CC(C)OCCCCCC(O)C(O)CCCOP(=O)(O)C(C)C. The summed E-state index contributed by atoms with van der Waals surface area (Å²) in [4.78, 5) is 9.50. The fourth-order valence-corrected chi connectivity index (χ4v) is 2.66. The normalized spacial score (nSPS) is 17.4. The minimum Gasteiger partial charge on any atom is -0.390 e. The van der Waals surface area contributed by atoms with Gasteiger partial charge in [-0.3, -0.25) is 4.57 Å². The molecule has 0 amide bonds. The monoisotopic (exact) mass is 354 g/mol. The van der Waals surface area contributed by atoms with Crippen molar-refractivity contribution < 1.29 is 28.9 Å². The first-order valence-corrected chi connectivity index (χ1v) is 10.3. The minimum absolute atomic E-state index is 0.113. The lowest BCUT2D eigenvalue weighted by Crippen LogP contribution is -2.26. The van der Waals surface area contributed by atoms with Crippen LogP contribution in [0.5, 0.6) is 0 Å². The number of aliphatic hydroxyl groups is 2. The maximum Gasteiger partial charge on any atom is 0.330 e. The van der Waals surface area contributed by atoms with Crippen LogP contribution in [0.2, 0.25) is 0 Å². The van der Waals surface area contributed by atoms with Crippen molar-refractivity contribution in [3.05, 3.63) is 0 Å². The molecule has 0 aliphatic carbocycles. The zero-order valence-electron chi connectivity index (χ0n) is 15.0. The summed E-state index contributed by atoms with van der Waals surface area (Å²) in [5.74, 6) is 0. The minimum atomic E-state index is -3.54. The van der Waals surface area contributed by atoms with E-state index in [0.29, 0.717) is 19.3 Å². The van der Waals surface area contributed by atoms with Gasteiger partial charge in [0.05, 0.1) is 30.6 Å². The Balaban J connectivity index is 3.66. The van der Waals surface area contributed by atoms with Crippen molar-refractivity contribution in [1.29, 1.82) is 0 Å². The Morgan fingerprint density at radius 3 is 1.96 bits per heavy atom. The maximum atomic E-state index is 11.6. The first-order valence-electron chi connectivity index (χ1n) is 8.61. The van der Waals surface area contributed by atoms with Gasteiger partial charge in [0.1, 0.15) is 0 Å². The molecule has 0 saturated heterocycles. The molecule has 0 aromatic carbocycles. The van der Waals surface area contributed by atoms with E-state index in [1.165, 1.54) is 0 Å². The number of rotatable bonds is 14. The highest BCUT2D eigenvalue weighted by atomic mass is 31.2. The van der Waals surface area contributed by atoms with Crippen molar-refractivity contribution in [3.8, 4) is 0 Å². The van der Waals surface area contributed by atoms with Crippen LogP contribution in [0.4, 0.5) is 0 Å². The smallest absolute Gasteiger partial charge is 0.330 e. The second-order valence-electron chi connectivity index (χ2n) is 6.54. The summed E-state index contributed by atoms with van der Waals surface area (Å²) in [6.45, 7) is 8.10. The first kappa shape index (κ1) is 23.0. The lowest BCUT2D eigenvalue weighted by atomic mass is 10.0. The molecule has 6 nitrogen and oxygen atoms in total. The fraction of sp³-hybridized carbons (Fsp3) is 1.00. The topological polar surface area (TPSA) is 96.2 Å². The van der Waals surface area contributed by atoms with Gasteiger partial charge >= 0.3 is 7.60 Å². The van der Waals surface area contributed by atoms with E-state index in [1.54, 1.807) is 13.8 Å². The van der Waals surface area contributed by atoms with Crippen molar-refractivity contribution >= 4 is 7.60 Å². The second-order valence-corrected chi connectivity index (χ2v) is 8.96. The van der Waals surface area contributed by atoms with E-state index in [1.807, 2.05) is 13.8 Å². The molecule has 0 aliphatic rings. The second kappa shape index (κ2) is 12.4. The van der Waals surface area contributed by atoms with Gasteiger partial charge < -0.3 is 24.4 Å². The van der Waals surface area contributed by atoms with Crippen molar-refractivity contribution in [2.24, 2.45) is 0 Å². The Kier molecular flexibility index (Phi) is 12.4. The third-order valence-corrected chi connectivity index (χ3v) is 5.47. The van der Waals surface area contributed by atoms with Gasteiger partial charge in [0.2, 0.25) is 0 Å². The summed E-state index contributed by atoms with van der Waals surface area (Å²) in [5, 5.41) is 19.8.